The van der Waals surface area contributed by atoms with Gasteiger partial charge in [0.25, 0.3) is 11.8 Å². The number of benzene rings is 2. The fourth-order valence-corrected chi connectivity index (χ4v) is 2.49. The van der Waals surface area contributed by atoms with Crippen LogP contribution in [0.4, 0.5) is 5.69 Å². The van der Waals surface area contributed by atoms with Crippen molar-refractivity contribution < 1.29 is 19.5 Å². The maximum absolute atomic E-state index is 12.6. The molecule has 0 radical (unpaired) electrons. The van der Waals surface area contributed by atoms with Crippen LogP contribution in [0.2, 0.25) is 0 Å². The molecule has 0 fully saturated rings. The molecule has 0 aliphatic rings. The highest BCUT2D eigenvalue weighted by Crippen LogP contribution is 2.19. The number of aliphatic carboxylic acids is 1. The molecule has 0 bridgehead atoms. The van der Waals surface area contributed by atoms with E-state index >= 15 is 0 Å². The van der Waals surface area contributed by atoms with Crippen molar-refractivity contribution in [2.75, 3.05) is 18.4 Å². The van der Waals surface area contributed by atoms with Gasteiger partial charge in [0.15, 0.2) is 0 Å². The van der Waals surface area contributed by atoms with E-state index in [2.05, 4.69) is 5.32 Å². The summed E-state index contributed by atoms with van der Waals surface area (Å²) in [6.07, 6.45) is -0.108. The maximum Gasteiger partial charge on any atom is 0.305 e. The topological polar surface area (TPSA) is 86.7 Å². The maximum atomic E-state index is 12.6. The first-order valence-corrected chi connectivity index (χ1v) is 8.40. The lowest BCUT2D eigenvalue weighted by molar-refractivity contribution is -0.137. The van der Waals surface area contributed by atoms with E-state index in [0.717, 1.165) is 5.56 Å². The molecule has 0 atom stereocenters. The molecule has 0 spiro atoms. The monoisotopic (exact) mass is 354 g/mol. The molecule has 2 aromatic carbocycles. The van der Waals surface area contributed by atoms with Gasteiger partial charge < -0.3 is 15.3 Å². The third kappa shape index (κ3) is 4.92. The number of carbonyl (C=O) groups is 3. The van der Waals surface area contributed by atoms with Gasteiger partial charge in [0.2, 0.25) is 0 Å². The number of anilines is 1. The lowest BCUT2D eigenvalue weighted by Crippen LogP contribution is -2.33. The highest BCUT2D eigenvalue weighted by molar-refractivity contribution is 6.05. The summed E-state index contributed by atoms with van der Waals surface area (Å²) in [4.78, 5) is 37.2. The summed E-state index contributed by atoms with van der Waals surface area (Å²) in [5.41, 5.74) is 2.32. The van der Waals surface area contributed by atoms with Crippen molar-refractivity contribution in [1.29, 1.82) is 0 Å². The zero-order valence-electron chi connectivity index (χ0n) is 14.9. The number of aryl methyl sites for hydroxylation is 1. The van der Waals surface area contributed by atoms with Crippen molar-refractivity contribution >= 4 is 23.5 Å². The van der Waals surface area contributed by atoms with E-state index in [1.54, 1.807) is 49.4 Å². The molecule has 0 unspecified atom stereocenters. The van der Waals surface area contributed by atoms with E-state index < -0.39 is 5.97 Å². The summed E-state index contributed by atoms with van der Waals surface area (Å²) >= 11 is 0. The molecule has 136 valence electrons. The number of rotatable bonds is 7. The molecule has 2 amide bonds. The summed E-state index contributed by atoms with van der Waals surface area (Å²) in [6, 6.07) is 13.9. The minimum atomic E-state index is -0.948. The molecule has 6 nitrogen and oxygen atoms in total. The highest BCUT2D eigenvalue weighted by atomic mass is 16.4. The van der Waals surface area contributed by atoms with Crippen LogP contribution in [0, 0.1) is 6.92 Å². The van der Waals surface area contributed by atoms with Gasteiger partial charge in [-0.2, -0.15) is 0 Å². The van der Waals surface area contributed by atoms with Crippen molar-refractivity contribution in [1.82, 2.24) is 4.90 Å². The molecule has 26 heavy (non-hydrogen) atoms. The second-order valence-electron chi connectivity index (χ2n) is 5.88. The lowest BCUT2D eigenvalue weighted by atomic mass is 10.1. The van der Waals surface area contributed by atoms with Crippen LogP contribution in [-0.2, 0) is 4.79 Å². The Hall–Kier alpha value is -3.15. The smallest absolute Gasteiger partial charge is 0.305 e. The molecular formula is C20H22N2O4. The zero-order valence-corrected chi connectivity index (χ0v) is 14.9. The summed E-state index contributed by atoms with van der Waals surface area (Å²) in [6.45, 7) is 4.19. The van der Waals surface area contributed by atoms with Gasteiger partial charge in [0.1, 0.15) is 0 Å². The second kappa shape index (κ2) is 8.80. The van der Waals surface area contributed by atoms with E-state index in [1.807, 2.05) is 13.0 Å². The predicted octanol–water partition coefficient (Wildman–Crippen LogP) is 3.18. The Morgan fingerprint density at radius 1 is 1.04 bits per heavy atom. The number of hydrogen-bond acceptors (Lipinski definition) is 3. The average molecular weight is 354 g/mol. The van der Waals surface area contributed by atoms with Crippen LogP contribution in [0.15, 0.2) is 48.5 Å². The van der Waals surface area contributed by atoms with Gasteiger partial charge in [-0.25, -0.2) is 0 Å². The quantitative estimate of drug-likeness (QED) is 0.799. The minimum absolute atomic E-state index is 0.108. The molecule has 2 aromatic rings. The highest BCUT2D eigenvalue weighted by Gasteiger charge is 2.17. The Morgan fingerprint density at radius 2 is 1.73 bits per heavy atom. The van der Waals surface area contributed by atoms with Gasteiger partial charge in [-0.1, -0.05) is 24.3 Å². The van der Waals surface area contributed by atoms with Gasteiger partial charge in [-0.3, -0.25) is 14.4 Å². The average Bonchev–Trinajstić information content (AvgIpc) is 2.64. The third-order valence-corrected chi connectivity index (χ3v) is 4.03. The van der Waals surface area contributed by atoms with Crippen LogP contribution in [0.25, 0.3) is 0 Å². The van der Waals surface area contributed by atoms with Gasteiger partial charge in [-0.15, -0.1) is 0 Å². The Labute approximate surface area is 152 Å². The second-order valence-corrected chi connectivity index (χ2v) is 5.88. The van der Waals surface area contributed by atoms with E-state index in [-0.39, 0.29) is 24.8 Å². The van der Waals surface area contributed by atoms with Crippen molar-refractivity contribution in [3.8, 4) is 0 Å². The van der Waals surface area contributed by atoms with Crippen molar-refractivity contribution in [3.05, 3.63) is 65.2 Å². The summed E-state index contributed by atoms with van der Waals surface area (Å²) in [5.74, 6) is -1.46. The Kier molecular flexibility index (Phi) is 6.49. The SMILES string of the molecule is CCN(CCC(=O)O)C(=O)c1ccc(C)c(NC(=O)c2ccccc2)c1. The molecular weight excluding hydrogens is 332 g/mol. The van der Waals surface area contributed by atoms with Gasteiger partial charge in [-0.05, 0) is 43.7 Å². The first kappa shape index (κ1) is 19.2. The fraction of sp³-hybridized carbons (Fsp3) is 0.250. The zero-order chi connectivity index (χ0) is 19.1. The van der Waals surface area contributed by atoms with Crippen LogP contribution < -0.4 is 5.32 Å². The standard InChI is InChI=1S/C20H22N2O4/c1-3-22(12-11-18(23)24)20(26)16-10-9-14(2)17(13-16)21-19(25)15-7-5-4-6-8-15/h4-10,13H,3,11-12H2,1-2H3,(H,21,25)(H,23,24). The Morgan fingerprint density at radius 3 is 2.35 bits per heavy atom. The first-order chi connectivity index (χ1) is 12.4. The minimum Gasteiger partial charge on any atom is -0.481 e. The summed E-state index contributed by atoms with van der Waals surface area (Å²) < 4.78 is 0. The summed E-state index contributed by atoms with van der Waals surface area (Å²) in [7, 11) is 0. The van der Waals surface area contributed by atoms with Crippen LogP contribution in [0.3, 0.4) is 0 Å². The van der Waals surface area contributed by atoms with E-state index in [1.165, 1.54) is 4.90 Å². The number of hydrogen-bond donors (Lipinski definition) is 2. The Balaban J connectivity index is 2.19. The van der Waals surface area contributed by atoms with E-state index in [4.69, 9.17) is 5.11 Å². The van der Waals surface area contributed by atoms with Crippen LogP contribution in [-0.4, -0.2) is 40.9 Å². The van der Waals surface area contributed by atoms with E-state index in [0.29, 0.717) is 23.4 Å². The molecule has 0 aliphatic carbocycles. The number of amides is 2. The largest absolute Gasteiger partial charge is 0.481 e. The number of carboxylic acids is 1. The lowest BCUT2D eigenvalue weighted by Gasteiger charge is -2.20. The van der Waals surface area contributed by atoms with Crippen molar-refractivity contribution in [2.24, 2.45) is 0 Å². The summed E-state index contributed by atoms with van der Waals surface area (Å²) in [5, 5.41) is 11.6. The molecule has 0 saturated carbocycles. The number of carboxylic acid groups (broad SMARTS) is 1. The van der Waals surface area contributed by atoms with E-state index in [9.17, 15) is 14.4 Å². The fourth-order valence-electron chi connectivity index (χ4n) is 2.49. The first-order valence-electron chi connectivity index (χ1n) is 8.40. The molecule has 2 rings (SSSR count). The van der Waals surface area contributed by atoms with Gasteiger partial charge >= 0.3 is 5.97 Å². The molecule has 0 saturated heterocycles. The number of carbonyl (C=O) groups excluding carboxylic acids is 2. The molecule has 0 aliphatic heterocycles. The van der Waals surface area contributed by atoms with Crippen LogP contribution in [0.5, 0.6) is 0 Å². The van der Waals surface area contributed by atoms with Crippen LogP contribution in [0.1, 0.15) is 39.6 Å². The van der Waals surface area contributed by atoms with Crippen molar-refractivity contribution in [3.63, 3.8) is 0 Å². The van der Waals surface area contributed by atoms with Gasteiger partial charge in [0.05, 0.1) is 6.42 Å². The van der Waals surface area contributed by atoms with Crippen LogP contribution >= 0.6 is 0 Å². The van der Waals surface area contributed by atoms with Crippen molar-refractivity contribution in [2.45, 2.75) is 20.3 Å². The number of nitrogens with zero attached hydrogens (tertiary/aromatic N) is 1. The molecule has 0 aromatic heterocycles. The molecule has 0 heterocycles. The molecule has 6 heteroatoms. The third-order valence-electron chi connectivity index (χ3n) is 4.03. The predicted molar refractivity (Wildman–Crippen MR) is 99.4 cm³/mol. The molecule has 2 N–H and O–H groups in total. The van der Waals surface area contributed by atoms with Gasteiger partial charge in [0, 0.05) is 29.9 Å². The normalized spacial score (nSPS) is 10.2. The number of nitrogens with one attached hydrogen (secondary N) is 1. The Bertz CT molecular complexity index is 803.